The first-order valence-electron chi connectivity index (χ1n) is 8.65. The summed E-state index contributed by atoms with van der Waals surface area (Å²) >= 11 is 3.48. The maximum absolute atomic E-state index is 13.3. The Bertz CT molecular complexity index is 1360. The van der Waals surface area contributed by atoms with E-state index in [1.54, 1.807) is 38.4 Å². The second-order valence-corrected chi connectivity index (χ2v) is 7.70. The number of benzene rings is 3. The predicted molar refractivity (Wildman–Crippen MR) is 111 cm³/mol. The van der Waals surface area contributed by atoms with E-state index in [-0.39, 0.29) is 17.5 Å². The first-order chi connectivity index (χ1) is 13.4. The molecule has 6 nitrogen and oxygen atoms in total. The van der Waals surface area contributed by atoms with Crippen LogP contribution in [0.4, 0.5) is 5.69 Å². The highest BCUT2D eigenvalue weighted by Crippen LogP contribution is 2.37. The fourth-order valence-corrected chi connectivity index (χ4v) is 4.44. The molecule has 1 aromatic heterocycles. The van der Waals surface area contributed by atoms with Gasteiger partial charge in [-0.2, -0.15) is 0 Å². The summed E-state index contributed by atoms with van der Waals surface area (Å²) < 4.78 is 3.59. The number of hydrogen-bond donors (Lipinski definition) is 0. The van der Waals surface area contributed by atoms with Gasteiger partial charge in [0.05, 0.1) is 16.7 Å². The maximum Gasteiger partial charge on any atom is 0.328 e. The summed E-state index contributed by atoms with van der Waals surface area (Å²) in [5.41, 5.74) is 2.56. The van der Waals surface area contributed by atoms with Crippen LogP contribution in [0.25, 0.3) is 21.8 Å². The number of anilines is 1. The molecule has 3 aromatic carbocycles. The number of imide groups is 1. The molecule has 0 radical (unpaired) electrons. The number of aryl methyl sites for hydroxylation is 2. The molecule has 2 heterocycles. The average molecular weight is 436 g/mol. The van der Waals surface area contributed by atoms with Gasteiger partial charge in [-0.05, 0) is 45.6 Å². The van der Waals surface area contributed by atoms with Gasteiger partial charge in [0.15, 0.2) is 0 Å². The van der Waals surface area contributed by atoms with Crippen LogP contribution in [0.5, 0.6) is 0 Å². The molecule has 1 aliphatic rings. The zero-order chi connectivity index (χ0) is 19.7. The van der Waals surface area contributed by atoms with Gasteiger partial charge in [-0.1, -0.05) is 24.3 Å². The predicted octanol–water partition coefficient (Wildman–Crippen LogP) is 3.59. The molecule has 0 spiro atoms. The number of halogens is 1. The summed E-state index contributed by atoms with van der Waals surface area (Å²) in [5.74, 6) is -0.759. The van der Waals surface area contributed by atoms with Gasteiger partial charge >= 0.3 is 5.69 Å². The van der Waals surface area contributed by atoms with Crippen molar-refractivity contribution in [3.63, 3.8) is 0 Å². The maximum atomic E-state index is 13.3. The standard InChI is InChI=1S/C21H14BrN3O3/c1-23-16-9-14(22)15(10-17(16)24(2)21(23)28)25-19(26)12-7-3-5-11-6-4-8-13(18(11)12)20(25)27/h3-10H,1-2H3. The minimum absolute atomic E-state index is 0.175. The molecule has 1 aliphatic heterocycles. The van der Waals surface area contributed by atoms with Crippen molar-refractivity contribution >= 4 is 55.2 Å². The van der Waals surface area contributed by atoms with Gasteiger partial charge in [0, 0.05) is 35.1 Å². The summed E-state index contributed by atoms with van der Waals surface area (Å²) in [7, 11) is 3.35. The molecule has 4 aromatic rings. The number of hydrogen-bond acceptors (Lipinski definition) is 3. The molecule has 0 fully saturated rings. The number of fused-ring (bicyclic) bond motifs is 1. The van der Waals surface area contributed by atoms with E-state index in [4.69, 9.17) is 0 Å². The van der Waals surface area contributed by atoms with Gasteiger partial charge in [-0.15, -0.1) is 0 Å². The van der Waals surface area contributed by atoms with Crippen LogP contribution < -0.4 is 10.6 Å². The summed E-state index contributed by atoms with van der Waals surface area (Å²) in [6, 6.07) is 14.3. The Labute approximate surface area is 167 Å². The highest BCUT2D eigenvalue weighted by molar-refractivity contribution is 9.10. The molecular formula is C21H14BrN3O3. The number of carbonyl (C=O) groups is 2. The Morgan fingerprint density at radius 3 is 1.89 bits per heavy atom. The van der Waals surface area contributed by atoms with Crippen LogP contribution in [0.15, 0.2) is 57.8 Å². The lowest BCUT2D eigenvalue weighted by atomic mass is 9.94. The lowest BCUT2D eigenvalue weighted by molar-refractivity contribution is 0.0893. The number of aromatic nitrogens is 2. The van der Waals surface area contributed by atoms with Crippen molar-refractivity contribution in [2.45, 2.75) is 0 Å². The van der Waals surface area contributed by atoms with Gasteiger partial charge in [-0.25, -0.2) is 9.69 Å². The highest BCUT2D eigenvalue weighted by Gasteiger charge is 2.35. The van der Waals surface area contributed by atoms with Crippen molar-refractivity contribution in [3.05, 3.63) is 74.6 Å². The number of nitrogens with zero attached hydrogens (tertiary/aromatic N) is 3. The Balaban J connectivity index is 1.80. The number of amides is 2. The molecule has 2 amide bonds. The summed E-state index contributed by atoms with van der Waals surface area (Å²) in [4.78, 5) is 40.0. The van der Waals surface area contributed by atoms with Crippen molar-refractivity contribution in [2.24, 2.45) is 14.1 Å². The molecule has 0 saturated carbocycles. The van der Waals surface area contributed by atoms with Gasteiger partial charge in [-0.3, -0.25) is 18.7 Å². The van der Waals surface area contributed by atoms with E-state index < -0.39 is 0 Å². The molecule has 0 saturated heterocycles. The van der Waals surface area contributed by atoms with E-state index in [0.717, 1.165) is 5.39 Å². The van der Waals surface area contributed by atoms with Gasteiger partial charge < -0.3 is 0 Å². The van der Waals surface area contributed by atoms with Gasteiger partial charge in [0.1, 0.15) is 0 Å². The minimum atomic E-state index is -0.379. The van der Waals surface area contributed by atoms with Crippen LogP contribution in [0.3, 0.4) is 0 Å². The molecule has 0 N–H and O–H groups in total. The molecule has 138 valence electrons. The third-order valence-corrected chi connectivity index (χ3v) is 5.99. The van der Waals surface area contributed by atoms with Crippen LogP contribution in [-0.4, -0.2) is 20.9 Å². The van der Waals surface area contributed by atoms with Crippen molar-refractivity contribution in [3.8, 4) is 0 Å². The van der Waals surface area contributed by atoms with Crippen LogP contribution in [0.1, 0.15) is 20.7 Å². The minimum Gasteiger partial charge on any atom is -0.295 e. The van der Waals surface area contributed by atoms with E-state index in [2.05, 4.69) is 15.9 Å². The monoisotopic (exact) mass is 435 g/mol. The van der Waals surface area contributed by atoms with Gasteiger partial charge in [0.25, 0.3) is 11.8 Å². The summed E-state index contributed by atoms with van der Waals surface area (Å²) in [6.07, 6.45) is 0. The number of rotatable bonds is 1. The summed E-state index contributed by atoms with van der Waals surface area (Å²) in [5, 5.41) is 1.54. The van der Waals surface area contributed by atoms with E-state index in [1.165, 1.54) is 14.0 Å². The van der Waals surface area contributed by atoms with Crippen LogP contribution >= 0.6 is 15.9 Å². The molecule has 0 bridgehead atoms. The lowest BCUT2D eigenvalue weighted by Crippen LogP contribution is -2.40. The number of carbonyl (C=O) groups excluding carboxylic acids is 2. The summed E-state index contributed by atoms with van der Waals surface area (Å²) in [6.45, 7) is 0. The third-order valence-electron chi connectivity index (χ3n) is 5.35. The molecule has 0 aliphatic carbocycles. The van der Waals surface area contributed by atoms with Crippen molar-refractivity contribution < 1.29 is 9.59 Å². The topological polar surface area (TPSA) is 64.3 Å². The van der Waals surface area contributed by atoms with E-state index in [9.17, 15) is 14.4 Å². The molecule has 7 heteroatoms. The van der Waals surface area contributed by atoms with E-state index in [1.807, 2.05) is 24.3 Å². The molecule has 28 heavy (non-hydrogen) atoms. The second kappa shape index (κ2) is 5.65. The smallest absolute Gasteiger partial charge is 0.295 e. The zero-order valence-electron chi connectivity index (χ0n) is 15.1. The largest absolute Gasteiger partial charge is 0.328 e. The zero-order valence-corrected chi connectivity index (χ0v) is 16.6. The van der Waals surface area contributed by atoms with Crippen molar-refractivity contribution in [1.82, 2.24) is 9.13 Å². The number of imidazole rings is 1. The first kappa shape index (κ1) is 16.9. The molecule has 0 unspecified atom stereocenters. The van der Waals surface area contributed by atoms with Crippen molar-refractivity contribution in [1.29, 1.82) is 0 Å². The second-order valence-electron chi connectivity index (χ2n) is 6.85. The first-order valence-corrected chi connectivity index (χ1v) is 9.45. The van der Waals surface area contributed by atoms with Crippen LogP contribution in [-0.2, 0) is 14.1 Å². The Morgan fingerprint density at radius 1 is 0.786 bits per heavy atom. The normalized spacial score (nSPS) is 13.8. The Hall–Kier alpha value is -3.19. The SMILES string of the molecule is Cn1c(=O)n(C)c2cc(N3C(=O)c4cccc5cccc(c45)C3=O)c(Br)cc21. The Morgan fingerprint density at radius 2 is 1.32 bits per heavy atom. The lowest BCUT2D eigenvalue weighted by Gasteiger charge is -2.28. The van der Waals surface area contributed by atoms with Crippen LogP contribution in [0, 0.1) is 0 Å². The average Bonchev–Trinajstić information content (AvgIpc) is 2.90. The van der Waals surface area contributed by atoms with Crippen LogP contribution in [0.2, 0.25) is 0 Å². The van der Waals surface area contributed by atoms with Crippen molar-refractivity contribution in [2.75, 3.05) is 4.90 Å². The van der Waals surface area contributed by atoms with Gasteiger partial charge in [0.2, 0.25) is 0 Å². The highest BCUT2D eigenvalue weighted by atomic mass is 79.9. The fourth-order valence-electron chi connectivity index (χ4n) is 3.93. The molecule has 0 atom stereocenters. The Kier molecular flexibility index (Phi) is 3.42. The fraction of sp³-hybridized carbons (Fsp3) is 0.0952. The quantitative estimate of drug-likeness (QED) is 0.429. The van der Waals surface area contributed by atoms with E-state index in [0.29, 0.717) is 37.7 Å². The third kappa shape index (κ3) is 2.05. The van der Waals surface area contributed by atoms with E-state index >= 15 is 0 Å². The molecular weight excluding hydrogens is 422 g/mol. The molecule has 5 rings (SSSR count).